The molecular weight excluding hydrogens is 578 g/mol. The number of ether oxygens (including phenoxy) is 3. The van der Waals surface area contributed by atoms with Crippen molar-refractivity contribution in [2.24, 2.45) is 0 Å². The second kappa shape index (κ2) is 14.3. The Hall–Kier alpha value is -4.18. The van der Waals surface area contributed by atoms with Gasteiger partial charge in [-0.25, -0.2) is 9.59 Å². The molecule has 2 saturated heterocycles. The van der Waals surface area contributed by atoms with E-state index in [4.69, 9.17) is 18.6 Å². The molecule has 0 saturated carbocycles. The monoisotopic (exact) mass is 619 g/mol. The zero-order valence-electron chi connectivity index (χ0n) is 26.1. The molecule has 5 rings (SSSR count). The number of carbonyl (C=O) groups excluding carboxylic acids is 2. The van der Waals surface area contributed by atoms with Crippen LogP contribution in [0.25, 0.3) is 22.2 Å². The lowest BCUT2D eigenvalue weighted by Crippen LogP contribution is -2.48. The number of nitriles is 1. The van der Waals surface area contributed by atoms with Gasteiger partial charge in [-0.15, -0.1) is 0 Å². The third kappa shape index (κ3) is 8.51. The SMILES string of the molecule is CC(C)(C)OC(=O)N1CCCO[C@H](C(=O)N[C@H](C#N)Cc2ccc(-c3ccc4c(c3)oc(=O)n4CCN3CCOCC3)cc2)C1. The fraction of sp³-hybridized carbons (Fsp3) is 0.515. The van der Waals surface area contributed by atoms with E-state index in [1.165, 1.54) is 4.90 Å². The van der Waals surface area contributed by atoms with Gasteiger partial charge in [0, 0.05) is 45.8 Å². The number of fused-ring (bicyclic) bond motifs is 1. The van der Waals surface area contributed by atoms with Gasteiger partial charge >= 0.3 is 11.8 Å². The van der Waals surface area contributed by atoms with Gasteiger partial charge in [0.05, 0.1) is 31.3 Å². The number of nitrogens with zero attached hydrogens (tertiary/aromatic N) is 4. The van der Waals surface area contributed by atoms with Crippen LogP contribution in [0.5, 0.6) is 0 Å². The van der Waals surface area contributed by atoms with Crippen LogP contribution in [0.15, 0.2) is 51.7 Å². The first-order chi connectivity index (χ1) is 21.6. The second-order valence-corrected chi connectivity index (χ2v) is 12.4. The topological polar surface area (TPSA) is 139 Å². The van der Waals surface area contributed by atoms with Gasteiger partial charge in [-0.2, -0.15) is 5.26 Å². The van der Waals surface area contributed by atoms with Crippen LogP contribution >= 0.6 is 0 Å². The molecule has 2 fully saturated rings. The molecule has 0 unspecified atom stereocenters. The highest BCUT2D eigenvalue weighted by Crippen LogP contribution is 2.25. The van der Waals surface area contributed by atoms with Gasteiger partial charge in [0.1, 0.15) is 11.6 Å². The van der Waals surface area contributed by atoms with Gasteiger partial charge in [-0.3, -0.25) is 14.3 Å². The number of hydrogen-bond donors (Lipinski definition) is 1. The van der Waals surface area contributed by atoms with Gasteiger partial charge in [0.25, 0.3) is 5.91 Å². The zero-order valence-corrected chi connectivity index (χ0v) is 26.1. The van der Waals surface area contributed by atoms with E-state index in [-0.39, 0.29) is 12.3 Å². The summed E-state index contributed by atoms with van der Waals surface area (Å²) >= 11 is 0. The molecular formula is C33H41N5O7. The van der Waals surface area contributed by atoms with E-state index in [1.807, 2.05) is 42.5 Å². The van der Waals surface area contributed by atoms with Gasteiger partial charge in [0.15, 0.2) is 11.7 Å². The molecule has 2 atom stereocenters. The van der Waals surface area contributed by atoms with Crippen molar-refractivity contribution in [3.05, 3.63) is 58.6 Å². The lowest BCUT2D eigenvalue weighted by Gasteiger charge is -2.27. The van der Waals surface area contributed by atoms with E-state index in [1.54, 1.807) is 25.3 Å². The molecule has 3 heterocycles. The van der Waals surface area contributed by atoms with E-state index in [0.717, 1.165) is 41.8 Å². The summed E-state index contributed by atoms with van der Waals surface area (Å²) in [5.74, 6) is -0.817. The number of carbonyl (C=O) groups is 2. The molecule has 0 radical (unpaired) electrons. The number of hydrogen-bond acceptors (Lipinski definition) is 9. The van der Waals surface area contributed by atoms with Crippen LogP contribution in [0, 0.1) is 11.3 Å². The fourth-order valence-corrected chi connectivity index (χ4v) is 5.46. The maximum absolute atomic E-state index is 13.1. The quantitative estimate of drug-likeness (QED) is 0.403. The molecule has 0 bridgehead atoms. The van der Waals surface area contributed by atoms with E-state index in [0.29, 0.717) is 51.3 Å². The molecule has 0 aliphatic carbocycles. The molecule has 1 N–H and O–H groups in total. The van der Waals surface area contributed by atoms with Crippen LogP contribution in [0.1, 0.15) is 32.8 Å². The first-order valence-electron chi connectivity index (χ1n) is 15.4. The standard InChI is InChI=1S/C33H41N5O7/c1-33(2,3)45-31(40)37-11-4-16-43-29(22-37)30(39)35-26(21-34)19-23-5-7-24(8-6-23)25-9-10-27-28(20-25)44-32(41)38(27)13-12-36-14-17-42-18-15-36/h5-10,20,26,29H,4,11-19,22H2,1-3H3,(H,35,39)/t26-,29-/m0/s1. The predicted octanol–water partition coefficient (Wildman–Crippen LogP) is 3.17. The zero-order chi connectivity index (χ0) is 32.0. The van der Waals surface area contributed by atoms with E-state index < -0.39 is 29.7 Å². The Kier molecular flexibility index (Phi) is 10.2. The van der Waals surface area contributed by atoms with Crippen LogP contribution < -0.4 is 11.1 Å². The maximum atomic E-state index is 13.1. The number of amides is 2. The van der Waals surface area contributed by atoms with Gasteiger partial charge in [-0.1, -0.05) is 30.3 Å². The Labute approximate surface area is 262 Å². The Morgan fingerprint density at radius 2 is 1.78 bits per heavy atom. The normalized spacial score (nSPS) is 18.6. The highest BCUT2D eigenvalue weighted by atomic mass is 16.6. The molecule has 2 amide bonds. The van der Waals surface area contributed by atoms with Crippen molar-refractivity contribution in [3.63, 3.8) is 0 Å². The summed E-state index contributed by atoms with van der Waals surface area (Å²) in [7, 11) is 0. The number of aromatic nitrogens is 1. The number of morpholine rings is 1. The number of nitrogens with one attached hydrogen (secondary N) is 1. The molecule has 240 valence electrons. The molecule has 2 aromatic carbocycles. The molecule has 2 aliphatic rings. The summed E-state index contributed by atoms with van der Waals surface area (Å²) < 4.78 is 23.8. The Morgan fingerprint density at radius 3 is 2.49 bits per heavy atom. The average molecular weight is 620 g/mol. The fourth-order valence-electron chi connectivity index (χ4n) is 5.46. The van der Waals surface area contributed by atoms with Crippen LogP contribution in [0.3, 0.4) is 0 Å². The van der Waals surface area contributed by atoms with Crippen molar-refractivity contribution in [3.8, 4) is 17.2 Å². The molecule has 2 aliphatic heterocycles. The Balaban J connectivity index is 1.19. The minimum absolute atomic E-state index is 0.0509. The van der Waals surface area contributed by atoms with Crippen LogP contribution in [-0.4, -0.2) is 96.7 Å². The second-order valence-electron chi connectivity index (χ2n) is 12.4. The smallest absolute Gasteiger partial charge is 0.419 e. The van der Waals surface area contributed by atoms with Crippen molar-refractivity contribution >= 4 is 23.1 Å². The third-order valence-electron chi connectivity index (χ3n) is 7.83. The molecule has 12 nitrogen and oxygen atoms in total. The highest BCUT2D eigenvalue weighted by Gasteiger charge is 2.31. The average Bonchev–Trinajstić information content (AvgIpc) is 3.16. The van der Waals surface area contributed by atoms with E-state index in [9.17, 15) is 19.6 Å². The third-order valence-corrected chi connectivity index (χ3v) is 7.83. The molecule has 3 aromatic rings. The van der Waals surface area contributed by atoms with E-state index >= 15 is 0 Å². The lowest BCUT2D eigenvalue weighted by atomic mass is 10.0. The minimum Gasteiger partial charge on any atom is -0.444 e. The van der Waals surface area contributed by atoms with Crippen molar-refractivity contribution < 1.29 is 28.2 Å². The van der Waals surface area contributed by atoms with Crippen molar-refractivity contribution in [1.29, 1.82) is 5.26 Å². The Bertz CT molecular complexity index is 1580. The Morgan fingerprint density at radius 1 is 1.04 bits per heavy atom. The minimum atomic E-state index is -0.901. The lowest BCUT2D eigenvalue weighted by molar-refractivity contribution is -0.133. The number of benzene rings is 2. The molecule has 12 heteroatoms. The summed E-state index contributed by atoms with van der Waals surface area (Å²) in [6.07, 6.45) is -0.519. The number of rotatable bonds is 8. The summed E-state index contributed by atoms with van der Waals surface area (Å²) in [6.45, 7) is 10.6. The summed E-state index contributed by atoms with van der Waals surface area (Å²) in [5.41, 5.74) is 3.32. The molecule has 0 spiro atoms. The highest BCUT2D eigenvalue weighted by molar-refractivity contribution is 5.83. The van der Waals surface area contributed by atoms with Gasteiger partial charge < -0.3 is 28.8 Å². The van der Waals surface area contributed by atoms with Crippen LogP contribution in [-0.2, 0) is 32.0 Å². The van der Waals surface area contributed by atoms with Crippen LogP contribution in [0.2, 0.25) is 0 Å². The summed E-state index contributed by atoms with van der Waals surface area (Å²) in [4.78, 5) is 42.0. The molecule has 1 aromatic heterocycles. The maximum Gasteiger partial charge on any atom is 0.419 e. The first kappa shape index (κ1) is 32.2. The van der Waals surface area contributed by atoms with Crippen LogP contribution in [0.4, 0.5) is 4.79 Å². The van der Waals surface area contributed by atoms with Crippen molar-refractivity contribution in [2.75, 3.05) is 52.5 Å². The number of oxazole rings is 1. The largest absolute Gasteiger partial charge is 0.444 e. The van der Waals surface area contributed by atoms with Gasteiger partial charge in [-0.05, 0) is 56.0 Å². The summed E-state index contributed by atoms with van der Waals surface area (Å²) in [5, 5.41) is 12.6. The van der Waals surface area contributed by atoms with E-state index in [2.05, 4.69) is 16.3 Å². The van der Waals surface area contributed by atoms with Gasteiger partial charge in [0.2, 0.25) is 0 Å². The van der Waals surface area contributed by atoms with Crippen molar-refractivity contribution in [2.45, 2.75) is 57.9 Å². The first-order valence-corrected chi connectivity index (χ1v) is 15.4. The molecule has 45 heavy (non-hydrogen) atoms. The van der Waals surface area contributed by atoms with Crippen molar-refractivity contribution in [1.82, 2.24) is 19.7 Å². The summed E-state index contributed by atoms with van der Waals surface area (Å²) in [6, 6.07) is 14.8. The predicted molar refractivity (Wildman–Crippen MR) is 167 cm³/mol.